The molecule has 5 heteroatoms. The molecule has 0 aliphatic heterocycles. The van der Waals surface area contributed by atoms with Crippen molar-refractivity contribution in [3.63, 3.8) is 0 Å². The minimum Gasteiger partial charge on any atom is -0.316 e. The number of rotatable bonds is 5. The summed E-state index contributed by atoms with van der Waals surface area (Å²) < 4.78 is 26.3. The van der Waals surface area contributed by atoms with E-state index in [1.165, 1.54) is 0 Å². The fourth-order valence-corrected chi connectivity index (χ4v) is 2.93. The van der Waals surface area contributed by atoms with E-state index in [9.17, 15) is 8.42 Å². The molecule has 0 aliphatic carbocycles. The number of sulfonamides is 1. The van der Waals surface area contributed by atoms with E-state index < -0.39 is 10.0 Å². The van der Waals surface area contributed by atoms with Gasteiger partial charge in [0.2, 0.25) is 10.0 Å². The fourth-order valence-electron chi connectivity index (χ4n) is 1.60. The minimum absolute atomic E-state index is 0.363. The van der Waals surface area contributed by atoms with Gasteiger partial charge in [0.1, 0.15) is 0 Å². The number of benzene rings is 1. The normalized spacial score (nSPS) is 11.7. The first-order chi connectivity index (χ1) is 7.53. The van der Waals surface area contributed by atoms with Crippen LogP contribution in [0.2, 0.25) is 0 Å². The van der Waals surface area contributed by atoms with Crippen LogP contribution in [0.5, 0.6) is 0 Å². The van der Waals surface area contributed by atoms with Gasteiger partial charge in [0, 0.05) is 13.1 Å². The van der Waals surface area contributed by atoms with Crippen LogP contribution in [0.3, 0.4) is 0 Å². The van der Waals surface area contributed by atoms with Gasteiger partial charge in [-0.2, -0.15) is 0 Å². The van der Waals surface area contributed by atoms with Crippen molar-refractivity contribution in [3.05, 3.63) is 29.3 Å². The summed E-state index contributed by atoms with van der Waals surface area (Å²) in [5, 5.41) is 3.02. The number of nitrogens with one attached hydrogen (secondary N) is 2. The monoisotopic (exact) mass is 242 g/mol. The van der Waals surface area contributed by atoms with Gasteiger partial charge in [-0.3, -0.25) is 0 Å². The zero-order chi connectivity index (χ0) is 12.2. The highest BCUT2D eigenvalue weighted by molar-refractivity contribution is 7.89. The van der Waals surface area contributed by atoms with Gasteiger partial charge in [-0.1, -0.05) is 19.1 Å². The van der Waals surface area contributed by atoms with Crippen molar-refractivity contribution in [1.29, 1.82) is 0 Å². The molecule has 90 valence electrons. The fraction of sp³-hybridized carbons (Fsp3) is 0.455. The molecule has 0 saturated carbocycles. The Hall–Kier alpha value is -0.910. The Morgan fingerprint density at radius 1 is 1.31 bits per heavy atom. The molecule has 0 spiro atoms. The lowest BCUT2D eigenvalue weighted by Gasteiger charge is -2.11. The van der Waals surface area contributed by atoms with E-state index in [0.29, 0.717) is 18.0 Å². The molecule has 0 saturated heterocycles. The zero-order valence-corrected chi connectivity index (χ0v) is 10.7. The van der Waals surface area contributed by atoms with Crippen LogP contribution in [-0.4, -0.2) is 22.0 Å². The maximum Gasteiger partial charge on any atom is 0.240 e. The van der Waals surface area contributed by atoms with Crippen LogP contribution in [0.15, 0.2) is 23.1 Å². The van der Waals surface area contributed by atoms with Crippen LogP contribution in [0, 0.1) is 6.92 Å². The van der Waals surface area contributed by atoms with Crippen molar-refractivity contribution < 1.29 is 8.42 Å². The van der Waals surface area contributed by atoms with Gasteiger partial charge in [0.05, 0.1) is 4.90 Å². The van der Waals surface area contributed by atoms with Crippen molar-refractivity contribution in [3.8, 4) is 0 Å². The maximum absolute atomic E-state index is 11.9. The smallest absolute Gasteiger partial charge is 0.240 e. The third kappa shape index (κ3) is 2.81. The second kappa shape index (κ2) is 5.43. The molecule has 0 bridgehead atoms. The van der Waals surface area contributed by atoms with Gasteiger partial charge in [0.25, 0.3) is 0 Å². The van der Waals surface area contributed by atoms with E-state index in [1.807, 2.05) is 20.0 Å². The molecule has 0 fully saturated rings. The van der Waals surface area contributed by atoms with Gasteiger partial charge in [-0.05, 0) is 31.2 Å². The predicted molar refractivity (Wildman–Crippen MR) is 64.8 cm³/mol. The average molecular weight is 242 g/mol. The molecule has 0 amide bonds. The van der Waals surface area contributed by atoms with Crippen LogP contribution in [0.4, 0.5) is 0 Å². The van der Waals surface area contributed by atoms with Crippen LogP contribution in [-0.2, 0) is 16.6 Å². The molecule has 0 atom stereocenters. The molecule has 0 heterocycles. The molecule has 1 aromatic rings. The number of hydrogen-bond acceptors (Lipinski definition) is 3. The molecular weight excluding hydrogens is 224 g/mol. The Morgan fingerprint density at radius 2 is 2.00 bits per heavy atom. The Bertz CT molecular complexity index is 455. The van der Waals surface area contributed by atoms with E-state index in [1.54, 1.807) is 19.1 Å². The van der Waals surface area contributed by atoms with Crippen LogP contribution < -0.4 is 10.0 Å². The molecule has 0 unspecified atom stereocenters. The van der Waals surface area contributed by atoms with E-state index in [-0.39, 0.29) is 0 Å². The van der Waals surface area contributed by atoms with E-state index in [0.717, 1.165) is 11.1 Å². The Morgan fingerprint density at radius 3 is 2.56 bits per heavy atom. The summed E-state index contributed by atoms with van der Waals surface area (Å²) in [6, 6.07) is 5.33. The first-order valence-corrected chi connectivity index (χ1v) is 6.74. The number of hydrogen-bond donors (Lipinski definition) is 2. The molecule has 1 rings (SSSR count). The summed E-state index contributed by atoms with van der Waals surface area (Å²) >= 11 is 0. The van der Waals surface area contributed by atoms with Crippen molar-refractivity contribution in [1.82, 2.24) is 10.0 Å². The highest BCUT2D eigenvalue weighted by Crippen LogP contribution is 2.18. The maximum atomic E-state index is 11.9. The second-order valence-corrected chi connectivity index (χ2v) is 5.31. The van der Waals surface area contributed by atoms with Crippen molar-refractivity contribution in [2.45, 2.75) is 25.3 Å². The van der Waals surface area contributed by atoms with Crippen LogP contribution in [0.25, 0.3) is 0 Å². The quantitative estimate of drug-likeness (QED) is 0.810. The van der Waals surface area contributed by atoms with Gasteiger partial charge in [-0.25, -0.2) is 13.1 Å². The van der Waals surface area contributed by atoms with E-state index in [2.05, 4.69) is 10.0 Å². The van der Waals surface area contributed by atoms with E-state index >= 15 is 0 Å². The summed E-state index contributed by atoms with van der Waals surface area (Å²) in [5.41, 5.74) is 1.80. The molecule has 0 aromatic heterocycles. The summed E-state index contributed by atoms with van der Waals surface area (Å²) in [4.78, 5) is 0.363. The van der Waals surface area contributed by atoms with Gasteiger partial charge < -0.3 is 5.32 Å². The molecule has 0 radical (unpaired) electrons. The average Bonchev–Trinajstić information content (AvgIpc) is 2.21. The lowest BCUT2D eigenvalue weighted by molar-refractivity contribution is 0.583. The van der Waals surface area contributed by atoms with Crippen molar-refractivity contribution in [2.24, 2.45) is 0 Å². The standard InChI is InChI=1S/C11H18N2O2S/c1-4-13-16(14,15)11-7-5-6-10(8-12-3)9(11)2/h5-7,12-13H,4,8H2,1-3H3. The lowest BCUT2D eigenvalue weighted by atomic mass is 10.1. The molecule has 16 heavy (non-hydrogen) atoms. The Labute approximate surface area is 97.1 Å². The molecule has 1 aromatic carbocycles. The predicted octanol–water partition coefficient (Wildman–Crippen LogP) is 1.01. The topological polar surface area (TPSA) is 58.2 Å². The first kappa shape index (κ1) is 13.2. The summed E-state index contributed by atoms with van der Waals surface area (Å²) in [5.74, 6) is 0. The summed E-state index contributed by atoms with van der Waals surface area (Å²) in [7, 11) is -1.52. The molecule has 0 aliphatic rings. The van der Waals surface area contributed by atoms with Gasteiger partial charge in [0.15, 0.2) is 0 Å². The van der Waals surface area contributed by atoms with Crippen molar-refractivity contribution >= 4 is 10.0 Å². The van der Waals surface area contributed by atoms with Crippen molar-refractivity contribution in [2.75, 3.05) is 13.6 Å². The second-order valence-electron chi connectivity index (χ2n) is 3.57. The van der Waals surface area contributed by atoms with E-state index in [4.69, 9.17) is 0 Å². The zero-order valence-electron chi connectivity index (χ0n) is 9.87. The summed E-state index contributed by atoms with van der Waals surface area (Å²) in [6.07, 6.45) is 0. The molecule has 2 N–H and O–H groups in total. The van der Waals surface area contributed by atoms with Crippen LogP contribution in [0.1, 0.15) is 18.1 Å². The molecular formula is C11H18N2O2S. The van der Waals surface area contributed by atoms with Gasteiger partial charge in [-0.15, -0.1) is 0 Å². The SMILES string of the molecule is CCNS(=O)(=O)c1cccc(CNC)c1C. The van der Waals surface area contributed by atoms with Crippen LogP contribution >= 0.6 is 0 Å². The third-order valence-corrected chi connectivity index (χ3v) is 4.08. The largest absolute Gasteiger partial charge is 0.316 e. The minimum atomic E-state index is -3.36. The molecule has 4 nitrogen and oxygen atoms in total. The third-order valence-electron chi connectivity index (χ3n) is 2.39. The summed E-state index contributed by atoms with van der Waals surface area (Å²) in [6.45, 7) is 4.67. The highest BCUT2D eigenvalue weighted by Gasteiger charge is 2.16. The lowest BCUT2D eigenvalue weighted by Crippen LogP contribution is -2.24. The Balaban J connectivity index is 3.20. The first-order valence-electron chi connectivity index (χ1n) is 5.25. The Kier molecular flexibility index (Phi) is 4.46. The van der Waals surface area contributed by atoms with Gasteiger partial charge >= 0.3 is 0 Å². The highest BCUT2D eigenvalue weighted by atomic mass is 32.2.